The smallest absolute Gasteiger partial charge is 0.163 e. The molecule has 1 N–H and O–H groups in total. The molecule has 1 fully saturated rings. The van der Waals surface area contributed by atoms with Gasteiger partial charge in [-0.3, -0.25) is 0 Å². The van der Waals surface area contributed by atoms with Gasteiger partial charge in [0.05, 0.1) is 26.0 Å². The van der Waals surface area contributed by atoms with Crippen LogP contribution in [0.1, 0.15) is 25.6 Å². The summed E-state index contributed by atoms with van der Waals surface area (Å²) in [6.45, 7) is 4.72. The van der Waals surface area contributed by atoms with Crippen molar-refractivity contribution in [3.63, 3.8) is 0 Å². The summed E-state index contributed by atoms with van der Waals surface area (Å²) in [6, 6.07) is 0. The Balaban J connectivity index is 2.04. The number of rotatable bonds is 3. The number of hydrogen-bond donors (Lipinski definition) is 1. The SMILES string of the molecule is CC1(C)OCC(c2cn(CCO)nn2)O1. The highest BCUT2D eigenvalue weighted by Gasteiger charge is 2.35. The van der Waals surface area contributed by atoms with Crippen molar-refractivity contribution < 1.29 is 14.6 Å². The average molecular weight is 213 g/mol. The van der Waals surface area contributed by atoms with Crippen LogP contribution in [0.4, 0.5) is 0 Å². The number of nitrogens with zero attached hydrogens (tertiary/aromatic N) is 3. The predicted molar refractivity (Wildman–Crippen MR) is 51.0 cm³/mol. The van der Waals surface area contributed by atoms with Crippen LogP contribution in [0.2, 0.25) is 0 Å². The summed E-state index contributed by atoms with van der Waals surface area (Å²) in [5.74, 6) is -0.550. The molecule has 0 saturated carbocycles. The van der Waals surface area contributed by atoms with Crippen molar-refractivity contribution in [1.29, 1.82) is 0 Å². The first kappa shape index (κ1) is 10.5. The second-order valence-electron chi connectivity index (χ2n) is 3.95. The Kier molecular flexibility index (Phi) is 2.72. The van der Waals surface area contributed by atoms with Crippen LogP contribution in [0.25, 0.3) is 0 Å². The van der Waals surface area contributed by atoms with Crippen molar-refractivity contribution in [2.75, 3.05) is 13.2 Å². The minimum Gasteiger partial charge on any atom is -0.394 e. The zero-order valence-electron chi connectivity index (χ0n) is 8.88. The summed E-state index contributed by atoms with van der Waals surface area (Å²) in [7, 11) is 0. The first-order valence-electron chi connectivity index (χ1n) is 4.93. The number of hydrogen-bond acceptors (Lipinski definition) is 5. The summed E-state index contributed by atoms with van der Waals surface area (Å²) in [5.41, 5.74) is 0.744. The lowest BCUT2D eigenvalue weighted by Gasteiger charge is -2.15. The molecule has 0 aromatic carbocycles. The van der Waals surface area contributed by atoms with Crippen molar-refractivity contribution >= 4 is 0 Å². The molecule has 84 valence electrons. The molecule has 1 atom stereocenters. The van der Waals surface area contributed by atoms with Gasteiger partial charge >= 0.3 is 0 Å². The second-order valence-corrected chi connectivity index (χ2v) is 3.95. The van der Waals surface area contributed by atoms with Gasteiger partial charge in [-0.25, -0.2) is 4.68 Å². The van der Waals surface area contributed by atoms with E-state index in [-0.39, 0.29) is 12.7 Å². The lowest BCUT2D eigenvalue weighted by molar-refractivity contribution is -0.139. The van der Waals surface area contributed by atoms with Gasteiger partial charge in [-0.1, -0.05) is 5.21 Å². The van der Waals surface area contributed by atoms with Crippen LogP contribution in [-0.2, 0) is 16.0 Å². The minimum absolute atomic E-state index is 0.0519. The number of aliphatic hydroxyl groups is 1. The van der Waals surface area contributed by atoms with Gasteiger partial charge in [-0.15, -0.1) is 5.10 Å². The summed E-state index contributed by atoms with van der Waals surface area (Å²) in [6.07, 6.45) is 1.61. The Morgan fingerprint density at radius 3 is 3.07 bits per heavy atom. The van der Waals surface area contributed by atoms with Crippen molar-refractivity contribution in [3.05, 3.63) is 11.9 Å². The highest BCUT2D eigenvalue weighted by Crippen LogP contribution is 2.31. The van der Waals surface area contributed by atoms with E-state index in [1.54, 1.807) is 10.9 Å². The molecular formula is C9H15N3O3. The molecule has 0 amide bonds. The van der Waals surface area contributed by atoms with Gasteiger partial charge in [-0.05, 0) is 13.8 Å². The van der Waals surface area contributed by atoms with Crippen LogP contribution < -0.4 is 0 Å². The largest absolute Gasteiger partial charge is 0.394 e. The van der Waals surface area contributed by atoms with E-state index in [0.717, 1.165) is 5.69 Å². The highest BCUT2D eigenvalue weighted by molar-refractivity contribution is 5.00. The van der Waals surface area contributed by atoms with Crippen molar-refractivity contribution in [2.45, 2.75) is 32.3 Å². The summed E-state index contributed by atoms with van der Waals surface area (Å²) >= 11 is 0. The van der Waals surface area contributed by atoms with Crippen LogP contribution in [0.3, 0.4) is 0 Å². The molecule has 1 saturated heterocycles. The summed E-state index contributed by atoms with van der Waals surface area (Å²) in [4.78, 5) is 0. The normalized spacial score (nSPS) is 24.6. The first-order valence-corrected chi connectivity index (χ1v) is 4.93. The van der Waals surface area contributed by atoms with Crippen LogP contribution in [0, 0.1) is 0 Å². The summed E-state index contributed by atoms with van der Waals surface area (Å²) in [5, 5.41) is 16.6. The maximum absolute atomic E-state index is 8.73. The van der Waals surface area contributed by atoms with Crippen LogP contribution >= 0.6 is 0 Å². The molecule has 15 heavy (non-hydrogen) atoms. The molecule has 0 spiro atoms. The van der Waals surface area contributed by atoms with Crippen LogP contribution in [-0.4, -0.2) is 39.1 Å². The number of ether oxygens (including phenoxy) is 2. The molecule has 1 aliphatic heterocycles. The van der Waals surface area contributed by atoms with Crippen LogP contribution in [0.5, 0.6) is 0 Å². The van der Waals surface area contributed by atoms with E-state index in [9.17, 15) is 0 Å². The van der Waals surface area contributed by atoms with Gasteiger partial charge < -0.3 is 14.6 Å². The summed E-state index contributed by atoms with van der Waals surface area (Å²) < 4.78 is 12.6. The Morgan fingerprint density at radius 2 is 2.47 bits per heavy atom. The Labute approximate surface area is 87.8 Å². The Bertz CT molecular complexity index is 337. The molecule has 0 bridgehead atoms. The van der Waals surface area contributed by atoms with E-state index in [0.29, 0.717) is 13.2 Å². The monoisotopic (exact) mass is 213 g/mol. The zero-order chi connectivity index (χ0) is 10.9. The Hall–Kier alpha value is -0.980. The van der Waals surface area contributed by atoms with E-state index in [2.05, 4.69) is 10.3 Å². The van der Waals surface area contributed by atoms with E-state index in [1.165, 1.54) is 0 Å². The molecule has 6 heteroatoms. The molecule has 2 rings (SSSR count). The quantitative estimate of drug-likeness (QED) is 0.770. The number of aliphatic hydroxyl groups excluding tert-OH is 1. The maximum atomic E-state index is 8.73. The maximum Gasteiger partial charge on any atom is 0.163 e. The van der Waals surface area contributed by atoms with E-state index in [1.807, 2.05) is 13.8 Å². The molecule has 2 heterocycles. The van der Waals surface area contributed by atoms with Crippen molar-refractivity contribution in [1.82, 2.24) is 15.0 Å². The van der Waals surface area contributed by atoms with Crippen molar-refractivity contribution in [3.8, 4) is 0 Å². The van der Waals surface area contributed by atoms with E-state index < -0.39 is 5.79 Å². The van der Waals surface area contributed by atoms with E-state index in [4.69, 9.17) is 14.6 Å². The van der Waals surface area contributed by atoms with Crippen LogP contribution in [0.15, 0.2) is 6.20 Å². The molecule has 1 aromatic rings. The van der Waals surface area contributed by atoms with Crippen molar-refractivity contribution in [2.24, 2.45) is 0 Å². The number of aromatic nitrogens is 3. The third kappa shape index (κ3) is 2.34. The second kappa shape index (κ2) is 3.88. The fourth-order valence-electron chi connectivity index (χ4n) is 1.51. The third-order valence-corrected chi connectivity index (χ3v) is 2.22. The average Bonchev–Trinajstić information content (AvgIpc) is 2.73. The fraction of sp³-hybridized carbons (Fsp3) is 0.778. The topological polar surface area (TPSA) is 69.4 Å². The molecule has 1 unspecified atom stereocenters. The standard InChI is InChI=1S/C9H15N3O3/c1-9(2)14-6-8(15-9)7-5-12(3-4-13)11-10-7/h5,8,13H,3-4,6H2,1-2H3. The molecule has 6 nitrogen and oxygen atoms in total. The van der Waals surface area contributed by atoms with Gasteiger partial charge in [0, 0.05) is 0 Å². The molecule has 1 aliphatic rings. The predicted octanol–water partition coefficient (Wildman–Crippen LogP) is 0.0944. The molecular weight excluding hydrogens is 198 g/mol. The highest BCUT2D eigenvalue weighted by atomic mass is 16.7. The first-order chi connectivity index (χ1) is 7.11. The van der Waals surface area contributed by atoms with Gasteiger partial charge in [-0.2, -0.15) is 0 Å². The van der Waals surface area contributed by atoms with Gasteiger partial charge in [0.2, 0.25) is 0 Å². The fourth-order valence-corrected chi connectivity index (χ4v) is 1.51. The molecule has 1 aromatic heterocycles. The van der Waals surface area contributed by atoms with Gasteiger partial charge in [0.15, 0.2) is 5.79 Å². The van der Waals surface area contributed by atoms with Gasteiger partial charge in [0.1, 0.15) is 11.8 Å². The molecule has 0 aliphatic carbocycles. The third-order valence-electron chi connectivity index (χ3n) is 2.22. The minimum atomic E-state index is -0.550. The van der Waals surface area contributed by atoms with E-state index >= 15 is 0 Å². The lowest BCUT2D eigenvalue weighted by atomic mass is 10.3. The Morgan fingerprint density at radius 1 is 1.67 bits per heavy atom. The lowest BCUT2D eigenvalue weighted by Crippen LogP contribution is -2.19. The zero-order valence-corrected chi connectivity index (χ0v) is 8.88. The van der Waals surface area contributed by atoms with Gasteiger partial charge in [0.25, 0.3) is 0 Å². The molecule has 0 radical (unpaired) electrons.